The minimum atomic E-state index is -1.21. The van der Waals surface area contributed by atoms with Gasteiger partial charge in [-0.2, -0.15) is 0 Å². The third kappa shape index (κ3) is 2.76. The first-order valence-corrected chi connectivity index (χ1v) is 4.77. The van der Waals surface area contributed by atoms with Crippen molar-refractivity contribution in [3.63, 3.8) is 0 Å². The van der Waals surface area contributed by atoms with Crippen LogP contribution in [0.5, 0.6) is 11.5 Å². The molecule has 0 aliphatic heterocycles. The highest BCUT2D eigenvalue weighted by molar-refractivity contribution is 6.31. The van der Waals surface area contributed by atoms with E-state index in [1.165, 1.54) is 19.2 Å². The number of carbonyl (C=O) groups is 1. The van der Waals surface area contributed by atoms with Crippen LogP contribution in [0.1, 0.15) is 10.4 Å². The third-order valence-corrected chi connectivity index (χ3v) is 2.01. The van der Waals surface area contributed by atoms with E-state index in [1.54, 1.807) is 0 Å². The Balaban J connectivity index is 3.21. The number of aromatic carboxylic acids is 1. The van der Waals surface area contributed by atoms with Gasteiger partial charge in [0.25, 0.3) is 0 Å². The number of alkyl halides is 1. The minimum Gasteiger partial charge on any atom is -0.493 e. The maximum atomic E-state index is 12.0. The Bertz CT molecular complexity index is 395. The molecule has 0 bridgehead atoms. The summed E-state index contributed by atoms with van der Waals surface area (Å²) in [6, 6.07) is 2.63. The van der Waals surface area contributed by atoms with Gasteiger partial charge in [0.15, 0.2) is 11.5 Å². The Morgan fingerprint density at radius 2 is 2.25 bits per heavy atom. The van der Waals surface area contributed by atoms with E-state index in [-0.39, 0.29) is 28.7 Å². The van der Waals surface area contributed by atoms with Gasteiger partial charge in [-0.25, -0.2) is 9.18 Å². The molecule has 4 nitrogen and oxygen atoms in total. The molecule has 1 aromatic carbocycles. The molecule has 0 heterocycles. The zero-order valence-electron chi connectivity index (χ0n) is 8.50. The number of methoxy groups -OCH3 is 1. The molecule has 0 atom stereocenters. The summed E-state index contributed by atoms with van der Waals surface area (Å²) >= 11 is 5.71. The summed E-state index contributed by atoms with van der Waals surface area (Å²) in [4.78, 5) is 10.9. The summed E-state index contributed by atoms with van der Waals surface area (Å²) in [7, 11) is 1.35. The number of carboxylic acid groups (broad SMARTS) is 1. The second-order valence-corrected chi connectivity index (χ2v) is 3.26. The van der Waals surface area contributed by atoms with E-state index in [9.17, 15) is 9.18 Å². The molecule has 0 unspecified atom stereocenters. The zero-order valence-corrected chi connectivity index (χ0v) is 9.25. The van der Waals surface area contributed by atoms with Crippen LogP contribution in [-0.2, 0) is 0 Å². The van der Waals surface area contributed by atoms with Crippen molar-refractivity contribution in [3.05, 3.63) is 22.7 Å². The lowest BCUT2D eigenvalue weighted by Crippen LogP contribution is -2.07. The van der Waals surface area contributed by atoms with Crippen LogP contribution >= 0.6 is 11.6 Å². The lowest BCUT2D eigenvalue weighted by Gasteiger charge is -2.12. The summed E-state index contributed by atoms with van der Waals surface area (Å²) in [6.45, 7) is -0.955. The summed E-state index contributed by atoms with van der Waals surface area (Å²) in [6.07, 6.45) is 0. The first-order valence-electron chi connectivity index (χ1n) is 4.39. The molecule has 0 aliphatic carbocycles. The van der Waals surface area contributed by atoms with E-state index in [4.69, 9.17) is 26.2 Å². The van der Waals surface area contributed by atoms with E-state index >= 15 is 0 Å². The largest absolute Gasteiger partial charge is 0.493 e. The number of ether oxygens (including phenoxy) is 2. The highest BCUT2D eigenvalue weighted by Crippen LogP contribution is 2.34. The number of rotatable bonds is 5. The Kier molecular flexibility index (Phi) is 4.37. The van der Waals surface area contributed by atoms with E-state index in [0.717, 1.165) is 0 Å². The molecule has 0 spiro atoms. The van der Waals surface area contributed by atoms with Crippen molar-refractivity contribution in [1.82, 2.24) is 0 Å². The smallest absolute Gasteiger partial charge is 0.339 e. The Hall–Kier alpha value is -1.49. The molecule has 0 aromatic heterocycles. The van der Waals surface area contributed by atoms with Crippen molar-refractivity contribution in [2.24, 2.45) is 0 Å². The topological polar surface area (TPSA) is 55.8 Å². The average Bonchev–Trinajstić information content (AvgIpc) is 2.26. The molecule has 0 fully saturated rings. The van der Waals surface area contributed by atoms with Crippen LogP contribution < -0.4 is 9.47 Å². The van der Waals surface area contributed by atoms with Crippen LogP contribution in [0.2, 0.25) is 5.02 Å². The van der Waals surface area contributed by atoms with Crippen LogP contribution in [0.3, 0.4) is 0 Å². The molecule has 1 aromatic rings. The second kappa shape index (κ2) is 5.55. The molecule has 1 rings (SSSR count). The molecule has 6 heteroatoms. The quantitative estimate of drug-likeness (QED) is 0.869. The van der Waals surface area contributed by atoms with Crippen LogP contribution in [0.4, 0.5) is 4.39 Å². The van der Waals surface area contributed by atoms with Crippen molar-refractivity contribution in [2.75, 3.05) is 20.4 Å². The molecule has 88 valence electrons. The molecule has 0 saturated carbocycles. The van der Waals surface area contributed by atoms with Crippen LogP contribution in [0, 0.1) is 0 Å². The lowest BCUT2D eigenvalue weighted by molar-refractivity contribution is 0.0691. The van der Waals surface area contributed by atoms with Gasteiger partial charge in [-0.05, 0) is 6.07 Å². The predicted molar refractivity (Wildman–Crippen MR) is 56.4 cm³/mol. The monoisotopic (exact) mass is 248 g/mol. The van der Waals surface area contributed by atoms with E-state index < -0.39 is 12.6 Å². The standard InChI is InChI=1S/C10H10ClFO4/c1-15-8-5-6(11)4-7(10(13)14)9(8)16-3-2-12/h4-5H,2-3H2,1H3,(H,13,14). The minimum absolute atomic E-state index is 0.0166. The molecule has 16 heavy (non-hydrogen) atoms. The molecule has 0 radical (unpaired) electrons. The molecular weight excluding hydrogens is 239 g/mol. The SMILES string of the molecule is COc1cc(Cl)cc(C(=O)O)c1OCCF. The zero-order chi connectivity index (χ0) is 12.1. The van der Waals surface area contributed by atoms with Crippen molar-refractivity contribution in [3.8, 4) is 11.5 Å². The number of benzene rings is 1. The van der Waals surface area contributed by atoms with Gasteiger partial charge in [0.1, 0.15) is 18.8 Å². The van der Waals surface area contributed by atoms with Gasteiger partial charge in [0, 0.05) is 11.1 Å². The van der Waals surface area contributed by atoms with E-state index in [0.29, 0.717) is 0 Å². The Morgan fingerprint density at radius 1 is 1.56 bits per heavy atom. The maximum Gasteiger partial charge on any atom is 0.339 e. The molecule has 0 saturated heterocycles. The lowest BCUT2D eigenvalue weighted by atomic mass is 10.2. The summed E-state index contributed by atoms with van der Waals surface area (Å²) < 4.78 is 21.9. The summed E-state index contributed by atoms with van der Waals surface area (Å²) in [5, 5.41) is 9.13. The normalized spacial score (nSPS) is 9.94. The Labute approximate surface area is 96.5 Å². The van der Waals surface area contributed by atoms with E-state index in [1.807, 2.05) is 0 Å². The number of hydrogen-bond donors (Lipinski definition) is 1. The van der Waals surface area contributed by atoms with Gasteiger partial charge in [0.2, 0.25) is 0 Å². The number of halogens is 2. The third-order valence-electron chi connectivity index (χ3n) is 1.79. The average molecular weight is 249 g/mol. The van der Waals surface area contributed by atoms with Crippen molar-refractivity contribution in [1.29, 1.82) is 0 Å². The van der Waals surface area contributed by atoms with Crippen molar-refractivity contribution >= 4 is 17.6 Å². The van der Waals surface area contributed by atoms with Gasteiger partial charge >= 0.3 is 5.97 Å². The fourth-order valence-corrected chi connectivity index (χ4v) is 1.38. The fraction of sp³-hybridized carbons (Fsp3) is 0.300. The first kappa shape index (κ1) is 12.6. The summed E-state index contributed by atoms with van der Waals surface area (Å²) in [5.74, 6) is -1.06. The first-order chi connectivity index (χ1) is 7.60. The molecular formula is C10H10ClFO4. The van der Waals surface area contributed by atoms with Crippen LogP contribution in [0.15, 0.2) is 12.1 Å². The maximum absolute atomic E-state index is 12.0. The molecule has 0 amide bonds. The number of carboxylic acids is 1. The van der Waals surface area contributed by atoms with Gasteiger partial charge in [0.05, 0.1) is 7.11 Å². The van der Waals surface area contributed by atoms with Gasteiger partial charge in [-0.1, -0.05) is 11.6 Å². The van der Waals surface area contributed by atoms with Gasteiger partial charge in [-0.15, -0.1) is 0 Å². The van der Waals surface area contributed by atoms with Crippen molar-refractivity contribution in [2.45, 2.75) is 0 Å². The van der Waals surface area contributed by atoms with Crippen LogP contribution in [0.25, 0.3) is 0 Å². The predicted octanol–water partition coefficient (Wildman–Crippen LogP) is 2.40. The van der Waals surface area contributed by atoms with Gasteiger partial charge in [-0.3, -0.25) is 0 Å². The fourth-order valence-electron chi connectivity index (χ4n) is 1.17. The molecule has 1 N–H and O–H groups in total. The highest BCUT2D eigenvalue weighted by atomic mass is 35.5. The van der Waals surface area contributed by atoms with Gasteiger partial charge < -0.3 is 14.6 Å². The number of hydrogen-bond acceptors (Lipinski definition) is 3. The Morgan fingerprint density at radius 3 is 2.75 bits per heavy atom. The highest BCUT2D eigenvalue weighted by Gasteiger charge is 2.18. The summed E-state index contributed by atoms with van der Waals surface area (Å²) in [5.41, 5.74) is -0.155. The molecule has 0 aliphatic rings. The van der Waals surface area contributed by atoms with Crippen LogP contribution in [-0.4, -0.2) is 31.5 Å². The second-order valence-electron chi connectivity index (χ2n) is 2.83. The van der Waals surface area contributed by atoms with Crippen molar-refractivity contribution < 1.29 is 23.8 Å². The van der Waals surface area contributed by atoms with E-state index in [2.05, 4.69) is 0 Å².